The number of rotatable bonds is 8. The average molecular weight is 678 g/mol. The maximum atomic E-state index is 2.50. The van der Waals surface area contributed by atoms with Crippen LogP contribution in [0.15, 0.2) is 218 Å². The molecule has 1 unspecified atom stereocenters. The Labute approximate surface area is 312 Å². The zero-order valence-electron chi connectivity index (χ0n) is 29.5. The molecule has 0 aromatic heterocycles. The SMILES string of the molecule is C1=CC(N(c2ccc(-c3ccccc3)cc2)c2ccc(-c3ccc(-c4ccccc4)c(-c4ccccc4)c3)cc2)CC(c2cccc3ccccc23)=C1. The highest BCUT2D eigenvalue weighted by atomic mass is 15.2. The number of allylic oxidation sites excluding steroid dienone is 2. The molecule has 0 saturated carbocycles. The van der Waals surface area contributed by atoms with Crippen molar-refractivity contribution in [2.75, 3.05) is 4.90 Å². The first kappa shape index (κ1) is 32.2. The molecule has 0 N–H and O–H groups in total. The van der Waals surface area contributed by atoms with Gasteiger partial charge in [-0.15, -0.1) is 0 Å². The molecule has 0 saturated heterocycles. The van der Waals surface area contributed by atoms with Crippen LogP contribution in [0.2, 0.25) is 0 Å². The van der Waals surface area contributed by atoms with E-state index in [4.69, 9.17) is 0 Å². The van der Waals surface area contributed by atoms with Crippen LogP contribution in [0, 0.1) is 0 Å². The Morgan fingerprint density at radius 2 is 0.887 bits per heavy atom. The molecule has 0 heterocycles. The molecule has 0 fully saturated rings. The Morgan fingerprint density at radius 3 is 1.55 bits per heavy atom. The van der Waals surface area contributed by atoms with Crippen molar-refractivity contribution in [1.29, 1.82) is 0 Å². The van der Waals surface area contributed by atoms with Gasteiger partial charge < -0.3 is 4.90 Å². The average Bonchev–Trinajstić information content (AvgIpc) is 3.25. The largest absolute Gasteiger partial charge is 0.334 e. The molecule has 0 bridgehead atoms. The van der Waals surface area contributed by atoms with Crippen LogP contribution in [0.3, 0.4) is 0 Å². The summed E-state index contributed by atoms with van der Waals surface area (Å²) in [5.74, 6) is 0. The highest BCUT2D eigenvalue weighted by molar-refractivity contribution is 5.95. The molecule has 1 aliphatic carbocycles. The molecule has 8 aromatic carbocycles. The third-order valence-corrected chi connectivity index (χ3v) is 10.4. The van der Waals surface area contributed by atoms with E-state index in [1.807, 2.05) is 0 Å². The van der Waals surface area contributed by atoms with Gasteiger partial charge in [0.2, 0.25) is 0 Å². The summed E-state index contributed by atoms with van der Waals surface area (Å²) in [5, 5.41) is 2.57. The summed E-state index contributed by atoms with van der Waals surface area (Å²) in [7, 11) is 0. The standard InChI is InChI=1S/C52H39N/c1-4-14-38(15-5-1)39-26-31-46(32-27-39)53(48-23-12-22-45(36-48)50-25-13-21-42-20-10-11-24-49(42)50)47-33-28-40(29-34-47)44-30-35-51(41-16-6-2-7-17-41)52(37-44)43-18-8-3-9-19-43/h1-35,37,48H,36H2. The lowest BCUT2D eigenvalue weighted by molar-refractivity contribution is 0.796. The van der Waals surface area contributed by atoms with Gasteiger partial charge in [-0.25, -0.2) is 0 Å². The van der Waals surface area contributed by atoms with E-state index in [2.05, 4.69) is 223 Å². The van der Waals surface area contributed by atoms with Crippen LogP contribution >= 0.6 is 0 Å². The van der Waals surface area contributed by atoms with E-state index in [1.165, 1.54) is 77.8 Å². The van der Waals surface area contributed by atoms with E-state index >= 15 is 0 Å². The van der Waals surface area contributed by atoms with Gasteiger partial charge in [0, 0.05) is 11.4 Å². The smallest absolute Gasteiger partial charge is 0.0565 e. The van der Waals surface area contributed by atoms with Crippen molar-refractivity contribution in [2.45, 2.75) is 12.5 Å². The second-order valence-corrected chi connectivity index (χ2v) is 13.7. The monoisotopic (exact) mass is 677 g/mol. The van der Waals surface area contributed by atoms with Crippen LogP contribution in [0.1, 0.15) is 12.0 Å². The minimum Gasteiger partial charge on any atom is -0.334 e. The molecule has 1 atom stereocenters. The van der Waals surface area contributed by atoms with Crippen molar-refractivity contribution in [3.05, 3.63) is 224 Å². The van der Waals surface area contributed by atoms with Gasteiger partial charge in [0.1, 0.15) is 0 Å². The summed E-state index contributed by atoms with van der Waals surface area (Å²) < 4.78 is 0. The maximum Gasteiger partial charge on any atom is 0.0565 e. The normalized spacial score (nSPS) is 13.8. The molecule has 8 aromatic rings. The zero-order chi connectivity index (χ0) is 35.4. The van der Waals surface area contributed by atoms with Crippen LogP contribution < -0.4 is 4.90 Å². The number of hydrogen-bond donors (Lipinski definition) is 0. The highest BCUT2D eigenvalue weighted by Gasteiger charge is 2.23. The molecular formula is C52H39N. The van der Waals surface area contributed by atoms with Crippen molar-refractivity contribution in [1.82, 2.24) is 0 Å². The Kier molecular flexibility index (Phi) is 8.82. The number of nitrogens with zero attached hydrogens (tertiary/aromatic N) is 1. The van der Waals surface area contributed by atoms with Crippen LogP contribution in [-0.4, -0.2) is 6.04 Å². The first-order chi connectivity index (χ1) is 26.3. The van der Waals surface area contributed by atoms with Crippen LogP contribution in [0.25, 0.3) is 60.9 Å². The number of anilines is 2. The fourth-order valence-corrected chi connectivity index (χ4v) is 7.79. The molecule has 0 aliphatic heterocycles. The molecule has 1 aliphatic rings. The third kappa shape index (κ3) is 6.62. The second kappa shape index (κ2) is 14.5. The van der Waals surface area contributed by atoms with Crippen molar-refractivity contribution < 1.29 is 0 Å². The number of benzene rings is 8. The second-order valence-electron chi connectivity index (χ2n) is 13.7. The fourth-order valence-electron chi connectivity index (χ4n) is 7.79. The lowest BCUT2D eigenvalue weighted by atomic mass is 9.89. The number of hydrogen-bond acceptors (Lipinski definition) is 1. The first-order valence-corrected chi connectivity index (χ1v) is 18.4. The van der Waals surface area contributed by atoms with Gasteiger partial charge in [-0.05, 0) is 103 Å². The minimum absolute atomic E-state index is 0.136. The topological polar surface area (TPSA) is 3.24 Å². The Balaban J connectivity index is 1.09. The lowest BCUT2D eigenvalue weighted by Crippen LogP contribution is -2.30. The Bertz CT molecular complexity index is 2540. The summed E-state index contributed by atoms with van der Waals surface area (Å²) >= 11 is 0. The van der Waals surface area contributed by atoms with Gasteiger partial charge in [0.25, 0.3) is 0 Å². The van der Waals surface area contributed by atoms with Crippen molar-refractivity contribution in [3.8, 4) is 44.5 Å². The molecule has 1 nitrogen and oxygen atoms in total. The maximum absolute atomic E-state index is 2.50. The summed E-state index contributed by atoms with van der Waals surface area (Å²) in [5.41, 5.74) is 14.7. The summed E-state index contributed by atoms with van der Waals surface area (Å²) in [6.45, 7) is 0. The molecule has 0 radical (unpaired) electrons. The lowest BCUT2D eigenvalue weighted by Gasteiger charge is -2.34. The van der Waals surface area contributed by atoms with Gasteiger partial charge in [-0.3, -0.25) is 0 Å². The van der Waals surface area contributed by atoms with E-state index in [-0.39, 0.29) is 6.04 Å². The molecule has 9 rings (SSSR count). The highest BCUT2D eigenvalue weighted by Crippen LogP contribution is 2.40. The molecule has 1 heteroatoms. The van der Waals surface area contributed by atoms with Gasteiger partial charge in [-0.1, -0.05) is 188 Å². The number of fused-ring (bicyclic) bond motifs is 1. The van der Waals surface area contributed by atoms with Crippen LogP contribution in [-0.2, 0) is 0 Å². The summed E-state index contributed by atoms with van der Waals surface area (Å²) in [6, 6.07) is 72.6. The van der Waals surface area contributed by atoms with E-state index < -0.39 is 0 Å². The van der Waals surface area contributed by atoms with Gasteiger partial charge in [-0.2, -0.15) is 0 Å². The molecular weight excluding hydrogens is 639 g/mol. The fraction of sp³-hybridized carbons (Fsp3) is 0.0385. The van der Waals surface area contributed by atoms with Crippen LogP contribution in [0.5, 0.6) is 0 Å². The Hall–Kier alpha value is -6.70. The quantitative estimate of drug-likeness (QED) is 0.155. The third-order valence-electron chi connectivity index (χ3n) is 10.4. The van der Waals surface area contributed by atoms with Gasteiger partial charge in [0.05, 0.1) is 6.04 Å². The van der Waals surface area contributed by atoms with Crippen molar-refractivity contribution in [3.63, 3.8) is 0 Å². The predicted octanol–water partition coefficient (Wildman–Crippen LogP) is 14.1. The first-order valence-electron chi connectivity index (χ1n) is 18.4. The van der Waals surface area contributed by atoms with E-state index in [9.17, 15) is 0 Å². The summed E-state index contributed by atoms with van der Waals surface area (Å²) in [6.07, 6.45) is 7.78. The minimum atomic E-state index is 0.136. The summed E-state index contributed by atoms with van der Waals surface area (Å²) in [4.78, 5) is 2.50. The molecule has 252 valence electrons. The van der Waals surface area contributed by atoms with E-state index in [1.54, 1.807) is 0 Å². The van der Waals surface area contributed by atoms with Crippen LogP contribution in [0.4, 0.5) is 11.4 Å². The zero-order valence-corrected chi connectivity index (χ0v) is 29.5. The van der Waals surface area contributed by atoms with Crippen molar-refractivity contribution in [2.24, 2.45) is 0 Å². The predicted molar refractivity (Wildman–Crippen MR) is 226 cm³/mol. The van der Waals surface area contributed by atoms with Crippen molar-refractivity contribution >= 4 is 27.7 Å². The van der Waals surface area contributed by atoms with Gasteiger partial charge >= 0.3 is 0 Å². The molecule has 0 spiro atoms. The van der Waals surface area contributed by atoms with E-state index in [0.717, 1.165) is 6.42 Å². The molecule has 53 heavy (non-hydrogen) atoms. The van der Waals surface area contributed by atoms with E-state index in [0.29, 0.717) is 0 Å². The Morgan fingerprint density at radius 1 is 0.377 bits per heavy atom. The van der Waals surface area contributed by atoms with Gasteiger partial charge in [0.15, 0.2) is 0 Å². The molecule has 0 amide bonds.